The van der Waals surface area contributed by atoms with Crippen molar-refractivity contribution < 1.29 is 8.42 Å². The molecule has 0 atom stereocenters. The Balaban J connectivity index is 4.35. The Morgan fingerprint density at radius 3 is 2.25 bits per heavy atom. The maximum Gasteiger partial charge on any atom is 0.252 e. The Hall–Kier alpha value is 0.490. The fraction of sp³-hybridized carbons (Fsp3) is 0.800. The van der Waals surface area contributed by atoms with Crippen molar-refractivity contribution in [1.82, 2.24) is 0 Å². The van der Waals surface area contributed by atoms with E-state index in [4.69, 9.17) is 34.8 Å². The van der Waals surface area contributed by atoms with Crippen molar-refractivity contribution >= 4 is 51.0 Å². The lowest BCUT2D eigenvalue weighted by atomic mass is 10.6. The third kappa shape index (κ3) is 7.16. The fourth-order valence-electron chi connectivity index (χ4n) is 0.451. The minimum absolute atomic E-state index is 0.0375. The first-order chi connectivity index (χ1) is 5.27. The lowest BCUT2D eigenvalue weighted by Crippen LogP contribution is -2.08. The number of rotatable bonds is 3. The molecule has 0 aliphatic carbocycles. The van der Waals surface area contributed by atoms with Gasteiger partial charge in [-0.15, -0.1) is 0 Å². The summed E-state index contributed by atoms with van der Waals surface area (Å²) in [5.74, 6) is -0.0375. The van der Waals surface area contributed by atoms with Gasteiger partial charge in [0.1, 0.15) is 0 Å². The average Bonchev–Trinajstić information content (AvgIpc) is 1.83. The molecule has 0 saturated heterocycles. The Morgan fingerprint density at radius 2 is 1.92 bits per heavy atom. The quantitative estimate of drug-likeness (QED) is 0.571. The van der Waals surface area contributed by atoms with E-state index >= 15 is 0 Å². The maximum atomic E-state index is 10.9. The molecule has 0 aromatic carbocycles. The molecule has 0 aliphatic heterocycles. The molecule has 7 heteroatoms. The highest BCUT2D eigenvalue weighted by Crippen LogP contribution is 2.23. The summed E-state index contributed by atoms with van der Waals surface area (Å²) in [6, 6.07) is 0. The van der Waals surface area contributed by atoms with Crippen LogP contribution in [0.5, 0.6) is 0 Å². The Bertz CT molecular complexity index is 254. The molecule has 12 heavy (non-hydrogen) atoms. The molecule has 0 bridgehead atoms. The van der Waals surface area contributed by atoms with E-state index < -0.39 is 13.8 Å². The van der Waals surface area contributed by atoms with E-state index in [1.807, 2.05) is 0 Å². The van der Waals surface area contributed by atoms with Crippen LogP contribution < -0.4 is 0 Å². The summed E-state index contributed by atoms with van der Waals surface area (Å²) >= 11 is 15.8. The van der Waals surface area contributed by atoms with Crippen molar-refractivity contribution in [3.05, 3.63) is 0 Å². The number of hydrogen-bond donors (Lipinski definition) is 0. The van der Waals surface area contributed by atoms with Gasteiger partial charge in [-0.3, -0.25) is 0 Å². The van der Waals surface area contributed by atoms with Gasteiger partial charge < -0.3 is 0 Å². The second-order valence-corrected chi connectivity index (χ2v) is 6.21. The van der Waals surface area contributed by atoms with Crippen molar-refractivity contribution in [2.75, 3.05) is 5.75 Å². The molecule has 0 heterocycles. The van der Waals surface area contributed by atoms with Gasteiger partial charge in [0.05, 0.1) is 12.0 Å². The van der Waals surface area contributed by atoms with Crippen LogP contribution in [-0.4, -0.2) is 24.2 Å². The smallest absolute Gasteiger partial charge is 0.205 e. The monoisotopic (exact) mass is 251 g/mol. The first kappa shape index (κ1) is 12.5. The van der Waals surface area contributed by atoms with Crippen LogP contribution in [0, 0.1) is 0 Å². The summed E-state index contributed by atoms with van der Waals surface area (Å²) in [5, 5.41) is 0. The summed E-state index contributed by atoms with van der Waals surface area (Å²) in [5.41, 5.74) is 0. The molecular weight excluding hydrogens is 244 g/mol. The highest BCUT2D eigenvalue weighted by molar-refractivity contribution is 7.90. The number of nitrogens with zero attached hydrogens (tertiary/aromatic N) is 1. The summed E-state index contributed by atoms with van der Waals surface area (Å²) < 4.78 is 23.2. The van der Waals surface area contributed by atoms with Gasteiger partial charge in [0.25, 0.3) is 10.0 Å². The Morgan fingerprint density at radius 1 is 1.42 bits per heavy atom. The lowest BCUT2D eigenvalue weighted by Gasteiger charge is -2.01. The molecule has 0 saturated carbocycles. The molecule has 3 nitrogen and oxygen atoms in total. The summed E-state index contributed by atoms with van der Waals surface area (Å²) in [7, 11) is -3.45. The maximum absolute atomic E-state index is 10.9. The van der Waals surface area contributed by atoms with Crippen LogP contribution in [0.4, 0.5) is 0 Å². The summed E-state index contributed by atoms with van der Waals surface area (Å²) in [4.78, 5) is 0. The molecule has 0 radical (unpaired) electrons. The van der Waals surface area contributed by atoms with Crippen LogP contribution in [0.15, 0.2) is 4.40 Å². The molecule has 0 spiro atoms. The number of sulfonamides is 1. The highest BCUT2D eigenvalue weighted by atomic mass is 35.6. The van der Waals surface area contributed by atoms with Crippen LogP contribution >= 0.6 is 34.8 Å². The molecule has 0 amide bonds. The first-order valence-electron chi connectivity index (χ1n) is 3.13. The van der Waals surface area contributed by atoms with Crippen molar-refractivity contribution in [2.45, 2.75) is 17.1 Å². The van der Waals surface area contributed by atoms with Crippen LogP contribution in [0.25, 0.3) is 0 Å². The SMILES string of the molecule is CCCS(=O)(=O)/N=C/C(Cl)(Cl)Cl. The second-order valence-electron chi connectivity index (χ2n) is 2.06. The topological polar surface area (TPSA) is 46.5 Å². The molecule has 0 fully saturated rings. The van der Waals surface area contributed by atoms with E-state index in [0.717, 1.165) is 6.21 Å². The number of hydrogen-bond acceptors (Lipinski definition) is 2. The standard InChI is InChI=1S/C5H8Cl3NO2S/c1-2-3-12(10,11)9-4-5(6,7)8/h4H,2-3H2,1H3/b9-4+. The zero-order chi connectivity index (χ0) is 9.83. The van der Waals surface area contributed by atoms with Crippen molar-refractivity contribution in [2.24, 2.45) is 4.40 Å². The number of alkyl halides is 3. The third-order valence-corrected chi connectivity index (χ3v) is 2.47. The van der Waals surface area contributed by atoms with Crippen molar-refractivity contribution in [3.8, 4) is 0 Å². The molecule has 0 aromatic rings. The van der Waals surface area contributed by atoms with Gasteiger partial charge in [0, 0.05) is 0 Å². The molecule has 0 aromatic heterocycles. The Kier molecular flexibility index (Phi) is 4.84. The van der Waals surface area contributed by atoms with E-state index in [-0.39, 0.29) is 5.75 Å². The third-order valence-electron chi connectivity index (χ3n) is 0.822. The predicted molar refractivity (Wildman–Crippen MR) is 52.9 cm³/mol. The summed E-state index contributed by atoms with van der Waals surface area (Å²) in [6.07, 6.45) is 1.27. The van der Waals surface area contributed by atoms with Gasteiger partial charge in [-0.05, 0) is 6.42 Å². The van der Waals surface area contributed by atoms with Gasteiger partial charge in [0.2, 0.25) is 3.79 Å². The van der Waals surface area contributed by atoms with Crippen LogP contribution in [0.1, 0.15) is 13.3 Å². The molecule has 0 unspecified atom stereocenters. The van der Waals surface area contributed by atoms with Gasteiger partial charge >= 0.3 is 0 Å². The molecular formula is C5H8Cl3NO2S. The van der Waals surface area contributed by atoms with E-state index in [0.29, 0.717) is 6.42 Å². The molecule has 0 N–H and O–H groups in total. The lowest BCUT2D eigenvalue weighted by molar-refractivity contribution is 0.597. The molecule has 0 rings (SSSR count). The highest BCUT2D eigenvalue weighted by Gasteiger charge is 2.17. The van der Waals surface area contributed by atoms with Crippen LogP contribution in [-0.2, 0) is 10.0 Å². The van der Waals surface area contributed by atoms with E-state index in [1.54, 1.807) is 6.92 Å². The minimum atomic E-state index is -3.45. The molecule has 72 valence electrons. The zero-order valence-electron chi connectivity index (χ0n) is 6.30. The van der Waals surface area contributed by atoms with E-state index in [2.05, 4.69) is 4.40 Å². The fourth-order valence-corrected chi connectivity index (χ4v) is 1.71. The second kappa shape index (κ2) is 4.65. The van der Waals surface area contributed by atoms with Gasteiger partial charge in [-0.1, -0.05) is 41.7 Å². The van der Waals surface area contributed by atoms with Crippen LogP contribution in [0.2, 0.25) is 0 Å². The minimum Gasteiger partial charge on any atom is -0.205 e. The van der Waals surface area contributed by atoms with E-state index in [9.17, 15) is 8.42 Å². The van der Waals surface area contributed by atoms with Crippen LogP contribution in [0.3, 0.4) is 0 Å². The van der Waals surface area contributed by atoms with Gasteiger partial charge in [-0.2, -0.15) is 4.40 Å². The van der Waals surface area contributed by atoms with Crippen molar-refractivity contribution in [3.63, 3.8) is 0 Å². The predicted octanol–water partition coefficient (Wildman–Crippen LogP) is 2.17. The van der Waals surface area contributed by atoms with Gasteiger partial charge in [0.15, 0.2) is 0 Å². The largest absolute Gasteiger partial charge is 0.252 e. The Labute approximate surface area is 86.8 Å². The molecule has 0 aliphatic rings. The zero-order valence-corrected chi connectivity index (χ0v) is 9.38. The number of halogens is 3. The normalized spacial score (nSPS) is 14.0. The van der Waals surface area contributed by atoms with Crippen molar-refractivity contribution in [1.29, 1.82) is 0 Å². The first-order valence-corrected chi connectivity index (χ1v) is 5.87. The van der Waals surface area contributed by atoms with Gasteiger partial charge in [-0.25, -0.2) is 8.42 Å². The van der Waals surface area contributed by atoms with E-state index in [1.165, 1.54) is 0 Å². The summed E-state index contributed by atoms with van der Waals surface area (Å²) in [6.45, 7) is 1.72. The average molecular weight is 253 g/mol.